The molecule has 0 fully saturated rings. The highest BCUT2D eigenvalue weighted by molar-refractivity contribution is 5.76. The van der Waals surface area contributed by atoms with E-state index in [0.29, 0.717) is 6.42 Å². The Balaban J connectivity index is 3.02. The van der Waals surface area contributed by atoms with Crippen molar-refractivity contribution in [2.45, 2.75) is 33.2 Å². The summed E-state index contributed by atoms with van der Waals surface area (Å²) in [6.45, 7) is 6.34. The summed E-state index contributed by atoms with van der Waals surface area (Å²) in [5.74, 6) is -0.183. The number of aryl methyl sites for hydroxylation is 1. The molecule has 1 aromatic rings. The smallest absolute Gasteiger partial charge is 0.323 e. The number of rotatable bonds is 4. The van der Waals surface area contributed by atoms with E-state index in [9.17, 15) is 4.79 Å². The molecule has 1 atom stereocenters. The van der Waals surface area contributed by atoms with Gasteiger partial charge in [-0.25, -0.2) is 0 Å². The summed E-state index contributed by atoms with van der Waals surface area (Å²) in [4.78, 5) is 13.7. The van der Waals surface area contributed by atoms with Crippen molar-refractivity contribution >= 4 is 5.97 Å². The summed E-state index contributed by atoms with van der Waals surface area (Å²) in [5.41, 5.74) is 5.07. The lowest BCUT2D eigenvalue weighted by Gasteiger charge is -2.23. The van der Waals surface area contributed by atoms with Crippen molar-refractivity contribution in [1.29, 1.82) is 0 Å². The van der Waals surface area contributed by atoms with Crippen LogP contribution in [0.5, 0.6) is 0 Å². The average Bonchev–Trinajstić information content (AvgIpc) is 2.34. The van der Waals surface area contributed by atoms with Gasteiger partial charge in [-0.2, -0.15) is 0 Å². The van der Waals surface area contributed by atoms with Gasteiger partial charge in [-0.1, -0.05) is 12.1 Å². The van der Waals surface area contributed by atoms with E-state index in [4.69, 9.17) is 4.74 Å². The lowest BCUT2D eigenvalue weighted by molar-refractivity contribution is -0.145. The highest BCUT2D eigenvalue weighted by Crippen LogP contribution is 2.19. The maximum Gasteiger partial charge on any atom is 0.323 e. The number of likely N-dealkylation sites (N-methyl/N-ethyl adjacent to an activating group) is 1. The number of methoxy groups -OCH3 is 1. The Morgan fingerprint density at radius 3 is 2.33 bits per heavy atom. The zero-order chi connectivity index (χ0) is 13.9. The van der Waals surface area contributed by atoms with Crippen LogP contribution in [0.3, 0.4) is 0 Å². The number of ether oxygens (including phenoxy) is 1. The molecule has 0 saturated carbocycles. The van der Waals surface area contributed by atoms with Gasteiger partial charge in [0.1, 0.15) is 6.04 Å². The zero-order valence-corrected chi connectivity index (χ0v) is 12.2. The second-order valence-electron chi connectivity index (χ2n) is 5.00. The quantitative estimate of drug-likeness (QED) is 0.767. The topological polar surface area (TPSA) is 29.5 Å². The largest absolute Gasteiger partial charge is 0.468 e. The van der Waals surface area contributed by atoms with Crippen molar-refractivity contribution in [1.82, 2.24) is 4.90 Å². The molecule has 1 aromatic carbocycles. The third-order valence-corrected chi connectivity index (χ3v) is 3.68. The number of carbonyl (C=O) groups is 1. The molecule has 0 radical (unpaired) electrons. The molecule has 0 aliphatic rings. The fourth-order valence-corrected chi connectivity index (χ4v) is 2.05. The summed E-state index contributed by atoms with van der Waals surface area (Å²) in [6, 6.07) is 3.99. The second kappa shape index (κ2) is 6.01. The molecular formula is C15H23NO2. The van der Waals surface area contributed by atoms with E-state index < -0.39 is 0 Å². The Bertz CT molecular complexity index is 438. The molecule has 0 spiro atoms. The van der Waals surface area contributed by atoms with E-state index in [1.54, 1.807) is 0 Å². The lowest BCUT2D eigenvalue weighted by Crippen LogP contribution is -2.38. The van der Waals surface area contributed by atoms with Gasteiger partial charge in [0.2, 0.25) is 0 Å². The first-order chi connectivity index (χ1) is 8.38. The van der Waals surface area contributed by atoms with Crippen molar-refractivity contribution in [3.8, 4) is 0 Å². The lowest BCUT2D eigenvalue weighted by atomic mass is 9.94. The minimum absolute atomic E-state index is 0.183. The minimum atomic E-state index is -0.226. The fourth-order valence-electron chi connectivity index (χ4n) is 2.05. The Morgan fingerprint density at radius 2 is 1.83 bits per heavy atom. The van der Waals surface area contributed by atoms with Gasteiger partial charge in [-0.15, -0.1) is 0 Å². The van der Waals surface area contributed by atoms with Gasteiger partial charge in [0.25, 0.3) is 0 Å². The second-order valence-corrected chi connectivity index (χ2v) is 5.00. The molecule has 3 nitrogen and oxygen atoms in total. The molecule has 3 heteroatoms. The Labute approximate surface area is 110 Å². The van der Waals surface area contributed by atoms with E-state index >= 15 is 0 Å². The van der Waals surface area contributed by atoms with Gasteiger partial charge >= 0.3 is 5.97 Å². The molecule has 0 aliphatic heterocycles. The van der Waals surface area contributed by atoms with Crippen LogP contribution in [0.1, 0.15) is 22.3 Å². The summed E-state index contributed by atoms with van der Waals surface area (Å²) in [5, 5.41) is 0. The first kappa shape index (κ1) is 14.7. The average molecular weight is 249 g/mol. The third kappa shape index (κ3) is 3.10. The number of carbonyl (C=O) groups excluding carboxylic acids is 1. The van der Waals surface area contributed by atoms with E-state index in [1.807, 2.05) is 19.0 Å². The van der Waals surface area contributed by atoms with E-state index in [-0.39, 0.29) is 12.0 Å². The van der Waals surface area contributed by atoms with Crippen LogP contribution in [0.2, 0.25) is 0 Å². The minimum Gasteiger partial charge on any atom is -0.468 e. The molecular weight excluding hydrogens is 226 g/mol. The molecule has 0 aromatic heterocycles. The molecule has 0 bridgehead atoms. The van der Waals surface area contributed by atoms with Crippen LogP contribution < -0.4 is 0 Å². The maximum absolute atomic E-state index is 11.8. The molecule has 1 rings (SSSR count). The standard InChI is InChI=1S/C15H23NO2/c1-10-7-8-13(12(3)11(10)2)9-14(16(4)5)15(17)18-6/h7-8,14H,9H2,1-6H3/t14-/m1/s1. The number of hydrogen-bond acceptors (Lipinski definition) is 3. The van der Waals surface area contributed by atoms with Crippen LogP contribution in [-0.2, 0) is 16.0 Å². The van der Waals surface area contributed by atoms with Crippen LogP contribution in [0.15, 0.2) is 12.1 Å². The van der Waals surface area contributed by atoms with Crippen molar-refractivity contribution in [2.24, 2.45) is 0 Å². The first-order valence-electron chi connectivity index (χ1n) is 6.18. The SMILES string of the molecule is COC(=O)[C@@H](Cc1ccc(C)c(C)c1C)N(C)C. The van der Waals surface area contributed by atoms with Gasteiger partial charge in [0, 0.05) is 0 Å². The van der Waals surface area contributed by atoms with Crippen LogP contribution in [-0.4, -0.2) is 38.1 Å². The summed E-state index contributed by atoms with van der Waals surface area (Å²) in [7, 11) is 5.24. The molecule has 0 saturated heterocycles. The molecule has 18 heavy (non-hydrogen) atoms. The van der Waals surface area contributed by atoms with Gasteiger partial charge in [-0.3, -0.25) is 9.69 Å². The summed E-state index contributed by atoms with van der Waals surface area (Å²) >= 11 is 0. The summed E-state index contributed by atoms with van der Waals surface area (Å²) < 4.78 is 4.86. The molecule has 0 N–H and O–H groups in total. The molecule has 0 aliphatic carbocycles. The third-order valence-electron chi connectivity index (χ3n) is 3.68. The highest BCUT2D eigenvalue weighted by Gasteiger charge is 2.22. The number of esters is 1. The molecule has 0 heterocycles. The van der Waals surface area contributed by atoms with E-state index in [1.165, 1.54) is 29.4 Å². The maximum atomic E-state index is 11.8. The molecule has 100 valence electrons. The van der Waals surface area contributed by atoms with Gasteiger partial charge in [-0.05, 0) is 63.5 Å². The van der Waals surface area contributed by atoms with Crippen LogP contribution >= 0.6 is 0 Å². The first-order valence-corrected chi connectivity index (χ1v) is 6.18. The van der Waals surface area contributed by atoms with E-state index in [0.717, 1.165) is 0 Å². The van der Waals surface area contributed by atoms with E-state index in [2.05, 4.69) is 32.9 Å². The normalized spacial score (nSPS) is 12.6. The Morgan fingerprint density at radius 1 is 1.22 bits per heavy atom. The Kier molecular flexibility index (Phi) is 4.91. The molecule has 0 amide bonds. The highest BCUT2D eigenvalue weighted by atomic mass is 16.5. The summed E-state index contributed by atoms with van der Waals surface area (Å²) in [6.07, 6.45) is 0.687. The number of nitrogens with zero attached hydrogens (tertiary/aromatic N) is 1. The van der Waals surface area contributed by atoms with Gasteiger partial charge < -0.3 is 4.74 Å². The van der Waals surface area contributed by atoms with Crippen molar-refractivity contribution in [3.63, 3.8) is 0 Å². The van der Waals surface area contributed by atoms with Gasteiger partial charge in [0.05, 0.1) is 7.11 Å². The van der Waals surface area contributed by atoms with Gasteiger partial charge in [0.15, 0.2) is 0 Å². The number of benzene rings is 1. The fraction of sp³-hybridized carbons (Fsp3) is 0.533. The van der Waals surface area contributed by atoms with Crippen molar-refractivity contribution in [3.05, 3.63) is 34.4 Å². The predicted octanol–water partition coefficient (Wildman–Crippen LogP) is 2.26. The predicted molar refractivity (Wildman–Crippen MR) is 73.8 cm³/mol. The number of hydrogen-bond donors (Lipinski definition) is 0. The molecule has 0 unspecified atom stereocenters. The van der Waals surface area contributed by atoms with Crippen LogP contribution in [0, 0.1) is 20.8 Å². The van der Waals surface area contributed by atoms with Crippen LogP contribution in [0.25, 0.3) is 0 Å². The zero-order valence-electron chi connectivity index (χ0n) is 12.2. The Hall–Kier alpha value is -1.35. The van der Waals surface area contributed by atoms with Crippen molar-refractivity contribution in [2.75, 3.05) is 21.2 Å². The monoisotopic (exact) mass is 249 g/mol. The van der Waals surface area contributed by atoms with Crippen molar-refractivity contribution < 1.29 is 9.53 Å². The van der Waals surface area contributed by atoms with Crippen LogP contribution in [0.4, 0.5) is 0 Å².